The number of ether oxygens (including phenoxy) is 1. The average Bonchev–Trinajstić information content (AvgIpc) is 2.75. The van der Waals surface area contributed by atoms with E-state index in [1.165, 1.54) is 12.1 Å². The first-order valence-electron chi connectivity index (χ1n) is 10.3. The molecule has 4 rings (SSSR count). The van der Waals surface area contributed by atoms with Gasteiger partial charge >= 0.3 is 0 Å². The summed E-state index contributed by atoms with van der Waals surface area (Å²) in [6.45, 7) is 3.33. The Labute approximate surface area is 175 Å². The Balaban J connectivity index is 1.40. The number of hydrogen-bond donors (Lipinski definition) is 1. The van der Waals surface area contributed by atoms with E-state index in [0.717, 1.165) is 46.4 Å². The number of carbonyl (C=O) groups excluding carboxylic acids is 1. The minimum Gasteiger partial charge on any atom is -0.496 e. The van der Waals surface area contributed by atoms with E-state index in [9.17, 15) is 9.18 Å². The number of aromatic nitrogens is 1. The molecule has 1 aliphatic heterocycles. The van der Waals surface area contributed by atoms with Crippen LogP contribution in [0.3, 0.4) is 0 Å². The summed E-state index contributed by atoms with van der Waals surface area (Å²) in [5.41, 5.74) is 3.48. The fourth-order valence-corrected chi connectivity index (χ4v) is 4.07. The molecule has 0 atom stereocenters. The molecule has 0 spiro atoms. The lowest BCUT2D eigenvalue weighted by atomic mass is 10.0. The van der Waals surface area contributed by atoms with Gasteiger partial charge in [0.05, 0.1) is 19.0 Å². The van der Waals surface area contributed by atoms with Crippen LogP contribution in [0.15, 0.2) is 48.5 Å². The molecule has 2 aromatic carbocycles. The molecule has 0 aliphatic carbocycles. The molecule has 1 amide bonds. The lowest BCUT2D eigenvalue weighted by Gasteiger charge is -2.33. The van der Waals surface area contributed by atoms with E-state index in [1.54, 1.807) is 13.2 Å². The number of nitrogens with zero attached hydrogens (tertiary/aromatic N) is 2. The molecule has 1 aliphatic rings. The molecule has 6 heteroatoms. The zero-order valence-electron chi connectivity index (χ0n) is 17.3. The summed E-state index contributed by atoms with van der Waals surface area (Å²) in [5.74, 6) is 0.591. The summed E-state index contributed by atoms with van der Waals surface area (Å²) in [6.07, 6.45) is 2.03. The maximum absolute atomic E-state index is 13.8. The largest absolute Gasteiger partial charge is 0.496 e. The third-order valence-corrected chi connectivity index (χ3v) is 5.64. The Morgan fingerprint density at radius 1 is 1.20 bits per heavy atom. The summed E-state index contributed by atoms with van der Waals surface area (Å²) >= 11 is 0. The van der Waals surface area contributed by atoms with Crippen LogP contribution in [-0.2, 0) is 11.2 Å². The lowest BCUT2D eigenvalue weighted by Crippen LogP contribution is -2.43. The lowest BCUT2D eigenvalue weighted by molar-refractivity contribution is -0.131. The Kier molecular flexibility index (Phi) is 5.84. The molecule has 1 N–H and O–H groups in total. The van der Waals surface area contributed by atoms with Crippen molar-refractivity contribution >= 4 is 22.5 Å². The van der Waals surface area contributed by atoms with Crippen LogP contribution < -0.4 is 10.1 Å². The van der Waals surface area contributed by atoms with E-state index in [2.05, 4.69) is 10.3 Å². The number of piperidine rings is 1. The van der Waals surface area contributed by atoms with Crippen LogP contribution in [0, 0.1) is 12.7 Å². The second kappa shape index (κ2) is 8.69. The Hall–Kier alpha value is -3.15. The zero-order valence-corrected chi connectivity index (χ0v) is 17.3. The quantitative estimate of drug-likeness (QED) is 0.684. The van der Waals surface area contributed by atoms with Gasteiger partial charge in [-0.3, -0.25) is 9.78 Å². The van der Waals surface area contributed by atoms with Gasteiger partial charge in [-0.25, -0.2) is 4.39 Å². The SMILES string of the molecule is COc1ccccc1CC(=O)N1CCC(Nc2cc(C)nc3ccc(F)cc23)CC1. The first-order valence-corrected chi connectivity index (χ1v) is 10.3. The van der Waals surface area contributed by atoms with Crippen LogP contribution in [0.4, 0.5) is 10.1 Å². The topological polar surface area (TPSA) is 54.5 Å². The van der Waals surface area contributed by atoms with Crippen molar-refractivity contribution in [3.8, 4) is 5.75 Å². The highest BCUT2D eigenvalue weighted by molar-refractivity contribution is 5.91. The van der Waals surface area contributed by atoms with Crippen molar-refractivity contribution in [3.05, 3.63) is 65.6 Å². The molecule has 1 fully saturated rings. The van der Waals surface area contributed by atoms with Crippen molar-refractivity contribution in [2.45, 2.75) is 32.2 Å². The second-order valence-electron chi connectivity index (χ2n) is 7.76. The molecular formula is C24H26FN3O2. The number of para-hydroxylation sites is 1. The van der Waals surface area contributed by atoms with E-state index in [4.69, 9.17) is 4.74 Å². The fraction of sp³-hybridized carbons (Fsp3) is 0.333. The van der Waals surface area contributed by atoms with Crippen LogP contribution in [0.5, 0.6) is 5.75 Å². The number of carbonyl (C=O) groups is 1. The van der Waals surface area contributed by atoms with E-state index in [0.29, 0.717) is 19.5 Å². The minimum absolute atomic E-state index is 0.116. The fourth-order valence-electron chi connectivity index (χ4n) is 4.07. The number of aryl methyl sites for hydroxylation is 1. The van der Waals surface area contributed by atoms with E-state index >= 15 is 0 Å². The molecule has 2 heterocycles. The highest BCUT2D eigenvalue weighted by atomic mass is 19.1. The molecule has 156 valence electrons. The maximum atomic E-state index is 13.8. The van der Waals surface area contributed by atoms with Gasteiger partial charge in [-0.15, -0.1) is 0 Å². The smallest absolute Gasteiger partial charge is 0.227 e. The van der Waals surface area contributed by atoms with E-state index in [1.807, 2.05) is 42.2 Å². The molecule has 30 heavy (non-hydrogen) atoms. The molecule has 1 saturated heterocycles. The monoisotopic (exact) mass is 407 g/mol. The van der Waals surface area contributed by atoms with Crippen LogP contribution in [0.2, 0.25) is 0 Å². The van der Waals surface area contributed by atoms with Gasteiger partial charge in [0.2, 0.25) is 5.91 Å². The molecule has 0 saturated carbocycles. The predicted octanol–water partition coefficient (Wildman–Crippen LogP) is 4.34. The average molecular weight is 407 g/mol. The minimum atomic E-state index is -0.270. The van der Waals surface area contributed by atoms with Gasteiger partial charge in [0.1, 0.15) is 11.6 Å². The molecule has 5 nitrogen and oxygen atoms in total. The number of halogens is 1. The van der Waals surface area contributed by atoms with Crippen LogP contribution in [-0.4, -0.2) is 42.0 Å². The molecular weight excluding hydrogens is 381 g/mol. The van der Waals surface area contributed by atoms with Gasteiger partial charge in [0.25, 0.3) is 0 Å². The molecule has 1 aromatic heterocycles. The van der Waals surface area contributed by atoms with E-state index in [-0.39, 0.29) is 17.8 Å². The van der Waals surface area contributed by atoms with Crippen molar-refractivity contribution in [3.63, 3.8) is 0 Å². The van der Waals surface area contributed by atoms with Gasteiger partial charge in [0.15, 0.2) is 0 Å². The van der Waals surface area contributed by atoms with Crippen molar-refractivity contribution in [1.82, 2.24) is 9.88 Å². The third kappa shape index (κ3) is 4.37. The molecule has 0 bridgehead atoms. The van der Waals surface area contributed by atoms with Crippen molar-refractivity contribution < 1.29 is 13.9 Å². The summed E-state index contributed by atoms with van der Waals surface area (Å²) < 4.78 is 19.1. The van der Waals surface area contributed by atoms with Crippen LogP contribution in [0.1, 0.15) is 24.1 Å². The Morgan fingerprint density at radius 3 is 2.73 bits per heavy atom. The first-order chi connectivity index (χ1) is 14.5. The maximum Gasteiger partial charge on any atom is 0.227 e. The van der Waals surface area contributed by atoms with Gasteiger partial charge < -0.3 is 15.0 Å². The van der Waals surface area contributed by atoms with Crippen LogP contribution in [0.25, 0.3) is 10.9 Å². The molecule has 3 aromatic rings. The number of methoxy groups -OCH3 is 1. The number of pyridine rings is 1. The predicted molar refractivity (Wildman–Crippen MR) is 116 cm³/mol. The molecule has 0 radical (unpaired) electrons. The van der Waals surface area contributed by atoms with Gasteiger partial charge in [-0.05, 0) is 50.1 Å². The summed E-state index contributed by atoms with van der Waals surface area (Å²) in [5, 5.41) is 4.34. The van der Waals surface area contributed by atoms with Crippen molar-refractivity contribution in [2.75, 3.05) is 25.5 Å². The zero-order chi connectivity index (χ0) is 21.1. The number of benzene rings is 2. The van der Waals surface area contributed by atoms with Crippen molar-refractivity contribution in [2.24, 2.45) is 0 Å². The van der Waals surface area contributed by atoms with Crippen molar-refractivity contribution in [1.29, 1.82) is 0 Å². The normalized spacial score (nSPS) is 14.7. The number of fused-ring (bicyclic) bond motifs is 1. The summed E-state index contributed by atoms with van der Waals surface area (Å²) in [7, 11) is 1.62. The number of rotatable bonds is 5. The number of amides is 1. The Bertz CT molecular complexity index is 1060. The second-order valence-corrected chi connectivity index (χ2v) is 7.76. The van der Waals surface area contributed by atoms with Gasteiger partial charge in [-0.2, -0.15) is 0 Å². The number of nitrogens with one attached hydrogen (secondary N) is 1. The van der Waals surface area contributed by atoms with Gasteiger partial charge in [-0.1, -0.05) is 18.2 Å². The molecule has 0 unspecified atom stereocenters. The summed E-state index contributed by atoms with van der Waals surface area (Å²) in [4.78, 5) is 19.2. The third-order valence-electron chi connectivity index (χ3n) is 5.64. The standard InChI is InChI=1S/C24H26FN3O2/c1-16-13-22(20-15-18(25)7-8-21(20)26-16)27-19-9-11-28(12-10-19)24(29)14-17-5-3-4-6-23(17)30-2/h3-8,13,15,19H,9-12,14H2,1-2H3,(H,26,27). The van der Waals surface area contributed by atoms with E-state index < -0.39 is 0 Å². The number of anilines is 1. The highest BCUT2D eigenvalue weighted by Crippen LogP contribution is 2.27. The van der Waals surface area contributed by atoms with Crippen LogP contribution >= 0.6 is 0 Å². The number of hydrogen-bond acceptors (Lipinski definition) is 4. The Morgan fingerprint density at radius 2 is 1.97 bits per heavy atom. The van der Waals surface area contributed by atoms with Gasteiger partial charge in [0, 0.05) is 41.5 Å². The first kappa shape index (κ1) is 20.1. The highest BCUT2D eigenvalue weighted by Gasteiger charge is 2.24. The number of likely N-dealkylation sites (tertiary alicyclic amines) is 1. The summed E-state index contributed by atoms with van der Waals surface area (Å²) in [6, 6.07) is 14.5.